The van der Waals surface area contributed by atoms with Crippen LogP contribution in [0, 0.1) is 12.7 Å². The Labute approximate surface area is 198 Å². The fraction of sp³-hybridized carbons (Fsp3) is 0.440. The number of carbonyl (C=O) groups excluding carboxylic acids is 1. The Balaban J connectivity index is 1.33. The van der Waals surface area contributed by atoms with E-state index in [1.807, 2.05) is 31.3 Å². The van der Waals surface area contributed by atoms with Gasteiger partial charge in [0.05, 0.1) is 31.0 Å². The van der Waals surface area contributed by atoms with E-state index < -0.39 is 11.7 Å². The van der Waals surface area contributed by atoms with Crippen LogP contribution in [0.5, 0.6) is 5.88 Å². The highest BCUT2D eigenvalue weighted by atomic mass is 19.1. The first kappa shape index (κ1) is 22.3. The largest absolute Gasteiger partial charge is 0.481 e. The van der Waals surface area contributed by atoms with Crippen molar-refractivity contribution >= 4 is 11.7 Å². The molecule has 2 atom stereocenters. The van der Waals surface area contributed by atoms with Gasteiger partial charge in [0.2, 0.25) is 11.8 Å². The maximum absolute atomic E-state index is 14.4. The Morgan fingerprint density at radius 1 is 1.29 bits per heavy atom. The molecule has 178 valence electrons. The van der Waals surface area contributed by atoms with Gasteiger partial charge in [-0.3, -0.25) is 9.48 Å². The zero-order valence-electron chi connectivity index (χ0n) is 19.9. The number of hydrogen-bond acceptors (Lipinski definition) is 6. The van der Waals surface area contributed by atoms with Crippen molar-refractivity contribution in [2.75, 3.05) is 25.5 Å². The Bertz CT molecular complexity index is 1260. The molecule has 0 aliphatic carbocycles. The maximum Gasteiger partial charge on any atom is 0.230 e. The average Bonchev–Trinajstić information content (AvgIpc) is 3.44. The number of pyridine rings is 2. The number of nitrogens with zero attached hydrogens (tertiary/aromatic N) is 5. The van der Waals surface area contributed by atoms with Gasteiger partial charge in [-0.25, -0.2) is 14.4 Å². The van der Waals surface area contributed by atoms with Crippen molar-refractivity contribution in [2.45, 2.75) is 44.6 Å². The molecule has 1 saturated heterocycles. The van der Waals surface area contributed by atoms with E-state index in [-0.39, 0.29) is 11.4 Å². The minimum absolute atomic E-state index is 0.0901. The molecule has 34 heavy (non-hydrogen) atoms. The van der Waals surface area contributed by atoms with Crippen LogP contribution in [0.15, 0.2) is 30.7 Å². The molecule has 2 aliphatic rings. The van der Waals surface area contributed by atoms with Crippen molar-refractivity contribution in [3.05, 3.63) is 53.4 Å². The van der Waals surface area contributed by atoms with E-state index in [0.29, 0.717) is 24.5 Å². The Morgan fingerprint density at radius 2 is 2.12 bits per heavy atom. The van der Waals surface area contributed by atoms with E-state index in [0.717, 1.165) is 48.1 Å². The van der Waals surface area contributed by atoms with Crippen LogP contribution in [-0.2, 0) is 18.3 Å². The lowest BCUT2D eigenvalue weighted by molar-refractivity contribution is -0.131. The summed E-state index contributed by atoms with van der Waals surface area (Å²) >= 11 is 0. The second-order valence-electron chi connectivity index (χ2n) is 9.42. The number of aromatic nitrogens is 4. The second kappa shape index (κ2) is 8.38. The van der Waals surface area contributed by atoms with Crippen molar-refractivity contribution in [2.24, 2.45) is 7.05 Å². The SMILES string of the molecule is COc1cc([C@@H](C)C(=O)N2CC[C@@]3(CCc4cc(-c5cnn(C)c5)c(C)nc4N3)C2)c(F)cn1. The summed E-state index contributed by atoms with van der Waals surface area (Å²) in [6.45, 7) is 4.95. The molecular weight excluding hydrogens is 435 g/mol. The summed E-state index contributed by atoms with van der Waals surface area (Å²) < 4.78 is 21.3. The molecule has 0 saturated carbocycles. The smallest absolute Gasteiger partial charge is 0.230 e. The van der Waals surface area contributed by atoms with Crippen molar-refractivity contribution in [3.63, 3.8) is 0 Å². The van der Waals surface area contributed by atoms with Gasteiger partial charge in [-0.1, -0.05) is 0 Å². The number of rotatable bonds is 4. The molecule has 0 unspecified atom stereocenters. The molecule has 9 heteroatoms. The first-order valence-corrected chi connectivity index (χ1v) is 11.5. The maximum atomic E-state index is 14.4. The zero-order valence-corrected chi connectivity index (χ0v) is 19.9. The van der Waals surface area contributed by atoms with E-state index in [1.54, 1.807) is 11.6 Å². The molecule has 5 rings (SSSR count). The van der Waals surface area contributed by atoms with Gasteiger partial charge in [0.15, 0.2) is 0 Å². The van der Waals surface area contributed by atoms with Crippen molar-refractivity contribution in [3.8, 4) is 17.0 Å². The van der Waals surface area contributed by atoms with Gasteiger partial charge in [-0.15, -0.1) is 0 Å². The van der Waals surface area contributed by atoms with Crippen LogP contribution in [0.25, 0.3) is 11.1 Å². The first-order valence-electron chi connectivity index (χ1n) is 11.5. The predicted molar refractivity (Wildman–Crippen MR) is 126 cm³/mol. The van der Waals surface area contributed by atoms with Gasteiger partial charge in [0, 0.05) is 54.8 Å². The van der Waals surface area contributed by atoms with Crippen molar-refractivity contribution in [1.82, 2.24) is 24.6 Å². The minimum Gasteiger partial charge on any atom is -0.481 e. The first-order chi connectivity index (χ1) is 16.3. The lowest BCUT2D eigenvalue weighted by Crippen LogP contribution is -2.46. The lowest BCUT2D eigenvalue weighted by Gasteiger charge is -2.36. The third-order valence-electron chi connectivity index (χ3n) is 7.14. The van der Waals surface area contributed by atoms with Gasteiger partial charge in [0.25, 0.3) is 0 Å². The number of fused-ring (bicyclic) bond motifs is 1. The highest BCUT2D eigenvalue weighted by molar-refractivity contribution is 5.84. The Hall–Kier alpha value is -3.49. The van der Waals surface area contributed by atoms with Crippen molar-refractivity contribution in [1.29, 1.82) is 0 Å². The number of halogens is 1. The number of hydrogen-bond donors (Lipinski definition) is 1. The van der Waals surface area contributed by atoms with Crippen LogP contribution in [0.1, 0.15) is 42.5 Å². The fourth-order valence-corrected chi connectivity index (χ4v) is 5.14. The molecule has 1 fully saturated rings. The Kier molecular flexibility index (Phi) is 5.50. The summed E-state index contributed by atoms with van der Waals surface area (Å²) in [6, 6.07) is 3.71. The molecule has 0 bridgehead atoms. The van der Waals surface area contributed by atoms with Crippen LogP contribution in [-0.4, -0.2) is 56.3 Å². The Morgan fingerprint density at radius 3 is 2.85 bits per heavy atom. The summed E-state index contributed by atoms with van der Waals surface area (Å²) in [6.07, 6.45) is 7.59. The molecule has 2 aliphatic heterocycles. The molecule has 0 aromatic carbocycles. The summed E-state index contributed by atoms with van der Waals surface area (Å²) in [5, 5.41) is 7.94. The van der Waals surface area contributed by atoms with Gasteiger partial charge in [-0.2, -0.15) is 5.10 Å². The normalized spacial score (nSPS) is 20.2. The monoisotopic (exact) mass is 464 g/mol. The highest BCUT2D eigenvalue weighted by Gasteiger charge is 2.43. The average molecular weight is 465 g/mol. The molecule has 1 spiro atoms. The third kappa shape index (κ3) is 3.89. The number of amides is 1. The van der Waals surface area contributed by atoms with E-state index in [4.69, 9.17) is 9.72 Å². The van der Waals surface area contributed by atoms with Gasteiger partial charge < -0.3 is 15.0 Å². The van der Waals surface area contributed by atoms with E-state index in [1.165, 1.54) is 18.7 Å². The second-order valence-corrected chi connectivity index (χ2v) is 9.42. The van der Waals surface area contributed by atoms with Crippen LogP contribution in [0.3, 0.4) is 0 Å². The topological polar surface area (TPSA) is 85.2 Å². The number of carbonyl (C=O) groups is 1. The molecule has 1 amide bonds. The molecule has 5 heterocycles. The summed E-state index contributed by atoms with van der Waals surface area (Å²) in [7, 11) is 3.38. The molecule has 3 aromatic heterocycles. The summed E-state index contributed by atoms with van der Waals surface area (Å²) in [4.78, 5) is 23.9. The number of methoxy groups -OCH3 is 1. The number of anilines is 1. The summed E-state index contributed by atoms with van der Waals surface area (Å²) in [5.74, 6) is -0.0161. The fourth-order valence-electron chi connectivity index (χ4n) is 5.14. The number of aryl methyl sites for hydroxylation is 3. The number of nitrogens with one attached hydrogen (secondary N) is 1. The molecular formula is C25H29FN6O2. The molecule has 3 aromatic rings. The third-order valence-corrected chi connectivity index (χ3v) is 7.14. The summed E-state index contributed by atoms with van der Waals surface area (Å²) in [5.41, 5.74) is 4.36. The van der Waals surface area contributed by atoms with Crippen LogP contribution < -0.4 is 10.1 Å². The van der Waals surface area contributed by atoms with Crippen LogP contribution in [0.2, 0.25) is 0 Å². The van der Waals surface area contributed by atoms with Crippen LogP contribution in [0.4, 0.5) is 10.2 Å². The minimum atomic E-state index is -0.620. The van der Waals surface area contributed by atoms with Gasteiger partial charge >= 0.3 is 0 Å². The van der Waals surface area contributed by atoms with E-state index >= 15 is 0 Å². The van der Waals surface area contributed by atoms with Gasteiger partial charge in [0.1, 0.15) is 11.6 Å². The molecule has 0 radical (unpaired) electrons. The quantitative estimate of drug-likeness (QED) is 0.637. The van der Waals surface area contributed by atoms with E-state index in [9.17, 15) is 9.18 Å². The number of likely N-dealkylation sites (tertiary alicyclic amines) is 1. The van der Waals surface area contributed by atoms with Crippen LogP contribution >= 0.6 is 0 Å². The highest BCUT2D eigenvalue weighted by Crippen LogP contribution is 2.39. The predicted octanol–water partition coefficient (Wildman–Crippen LogP) is 3.47. The van der Waals surface area contributed by atoms with Crippen molar-refractivity contribution < 1.29 is 13.9 Å². The van der Waals surface area contributed by atoms with Gasteiger partial charge in [-0.05, 0) is 44.7 Å². The molecule has 1 N–H and O–H groups in total. The standard InChI is InChI=1S/C25H29FN6O2/c1-15(19-10-22(34-4)27-12-21(19)26)24(33)32-8-7-25(14-32)6-5-17-9-20(16(2)29-23(17)30-25)18-11-28-31(3)13-18/h9-13,15H,5-8,14H2,1-4H3,(H,29,30)/t15-,25+/m1/s1. The lowest BCUT2D eigenvalue weighted by atomic mass is 9.86. The van der Waals surface area contributed by atoms with E-state index in [2.05, 4.69) is 21.5 Å². The molecule has 8 nitrogen and oxygen atoms in total. The zero-order chi connectivity index (χ0) is 24.0. The number of ether oxygens (including phenoxy) is 1.